The second-order valence-electron chi connectivity index (χ2n) is 26.9. The zero-order valence-electron chi connectivity index (χ0n) is 64.6. The second kappa shape index (κ2) is 45.9. The van der Waals surface area contributed by atoms with Gasteiger partial charge in [-0.2, -0.15) is 0 Å². The quantitative estimate of drug-likeness (QED) is 0.0208. The van der Waals surface area contributed by atoms with Crippen LogP contribution >= 0.6 is 11.8 Å². The van der Waals surface area contributed by atoms with Crippen molar-refractivity contribution in [3.63, 3.8) is 0 Å². The Hall–Kier alpha value is -8.91. The van der Waals surface area contributed by atoms with Gasteiger partial charge in [0.15, 0.2) is 23.0 Å². The lowest BCUT2D eigenvalue weighted by atomic mass is 9.87. The van der Waals surface area contributed by atoms with E-state index in [1.54, 1.807) is 90.1 Å². The fourth-order valence-electron chi connectivity index (χ4n) is 12.1. The van der Waals surface area contributed by atoms with Crippen molar-refractivity contribution < 1.29 is 66.7 Å². The molecule has 0 radical (unpaired) electrons. The first-order valence-corrected chi connectivity index (χ1v) is 37.4. The maximum atomic E-state index is 12.5. The number of benzene rings is 6. The number of esters is 1. The summed E-state index contributed by atoms with van der Waals surface area (Å²) in [5.41, 5.74) is 7.62. The standard InChI is InChI=1S/C18H17NO3.C17H27NO2.C16H23NO4S.C16H25NO3.C16H25NO2/c20-18(13-8-9-16-17(10-13)22-11-21-16)19-15-7-3-5-12-4-1-2-6-14(12)15;1-6-7-15(10-12(2)3)18-17(19)14-8-9-16(20-5)13(4)11-14;1-10(2)8-12(16(19)21-4)17-15(18)11-6-7-13(20-3)14(9-11)22-5;1-5-7-13(8-6-2)17-16(18)12-9-10-14(19-3)15(11-12)20-4;1-6-14(9-11(2)3)17-16(18)13-7-8-15(19-5)12(4)10-13/h1-2,4,6,8-10,15H,3,5,7,11H2,(H,19,20);8-9,11-12,15H,6-7,10H2,1-5H3,(H,18,19);6-7,9-10,12H,8H2,1-5H3,(H,17,18);9-11,13H,5-8H2,1-4H3,(H,17,18);7-8,10-11,14H,6,9H2,1-5H3,(H,17,18)/t;;12-;;/m..1../s1. The molecule has 19 nitrogen and oxygen atoms in total. The van der Waals surface area contributed by atoms with E-state index in [0.717, 1.165) is 110 Å². The smallest absolute Gasteiger partial charge is 0.328 e. The Morgan fingerprint density at radius 2 is 0.922 bits per heavy atom. The van der Waals surface area contributed by atoms with Gasteiger partial charge in [-0.05, 0) is 215 Å². The van der Waals surface area contributed by atoms with Crippen LogP contribution in [-0.4, -0.2) is 115 Å². The molecule has 0 fully saturated rings. The molecule has 0 aromatic heterocycles. The molecule has 564 valence electrons. The summed E-state index contributed by atoms with van der Waals surface area (Å²) in [6.45, 7) is 25.3. The van der Waals surface area contributed by atoms with E-state index >= 15 is 0 Å². The van der Waals surface area contributed by atoms with Crippen molar-refractivity contribution in [1.29, 1.82) is 0 Å². The number of aryl methyl sites for hydroxylation is 3. The molecule has 3 unspecified atom stereocenters. The van der Waals surface area contributed by atoms with Crippen LogP contribution in [0.25, 0.3) is 0 Å². The van der Waals surface area contributed by atoms with Crippen LogP contribution < -0.4 is 59.7 Å². The molecule has 5 amide bonds. The summed E-state index contributed by atoms with van der Waals surface area (Å²) < 4.78 is 41.4. The van der Waals surface area contributed by atoms with Gasteiger partial charge in [-0.1, -0.05) is 113 Å². The van der Waals surface area contributed by atoms with Crippen molar-refractivity contribution in [3.8, 4) is 40.2 Å². The van der Waals surface area contributed by atoms with Gasteiger partial charge >= 0.3 is 5.97 Å². The summed E-state index contributed by atoms with van der Waals surface area (Å²) in [5, 5.41) is 15.2. The maximum Gasteiger partial charge on any atom is 0.328 e. The number of hydrogen-bond donors (Lipinski definition) is 5. The minimum Gasteiger partial charge on any atom is -0.496 e. The van der Waals surface area contributed by atoms with E-state index in [1.165, 1.54) is 30.0 Å². The first kappa shape index (κ1) is 86.5. The van der Waals surface area contributed by atoms with Crippen LogP contribution in [0.2, 0.25) is 0 Å². The van der Waals surface area contributed by atoms with Crippen LogP contribution in [0.4, 0.5) is 0 Å². The molecule has 8 rings (SSSR count). The Balaban J connectivity index is 0.000000273. The first-order valence-electron chi connectivity index (χ1n) is 36.2. The number of carbonyl (C=O) groups is 6. The van der Waals surface area contributed by atoms with E-state index in [1.807, 2.05) is 76.4 Å². The highest BCUT2D eigenvalue weighted by atomic mass is 32.2. The van der Waals surface area contributed by atoms with Gasteiger partial charge in [0.05, 0.1) is 48.7 Å². The van der Waals surface area contributed by atoms with Crippen molar-refractivity contribution in [2.24, 2.45) is 17.8 Å². The highest BCUT2D eigenvalue weighted by Gasteiger charge is 2.26. The van der Waals surface area contributed by atoms with Crippen LogP contribution in [0.3, 0.4) is 0 Å². The number of methoxy groups -OCH3 is 6. The number of hydrogen-bond acceptors (Lipinski definition) is 15. The molecule has 2 aliphatic rings. The predicted molar refractivity (Wildman–Crippen MR) is 412 cm³/mol. The summed E-state index contributed by atoms with van der Waals surface area (Å²) in [6, 6.07) is 35.3. The van der Waals surface area contributed by atoms with E-state index < -0.39 is 12.0 Å². The predicted octanol–water partition coefficient (Wildman–Crippen LogP) is 16.9. The molecular formula is C83H117N5O14S. The lowest BCUT2D eigenvalue weighted by Crippen LogP contribution is -2.42. The lowest BCUT2D eigenvalue weighted by molar-refractivity contribution is -0.143. The number of fused-ring (bicyclic) bond motifs is 2. The third kappa shape index (κ3) is 28.7. The molecule has 103 heavy (non-hydrogen) atoms. The van der Waals surface area contributed by atoms with E-state index in [4.69, 9.17) is 37.9 Å². The van der Waals surface area contributed by atoms with Gasteiger partial charge in [-0.15, -0.1) is 11.8 Å². The van der Waals surface area contributed by atoms with Crippen LogP contribution in [0.5, 0.6) is 40.2 Å². The monoisotopic (exact) mass is 1440 g/mol. The number of amides is 5. The average molecular weight is 1440 g/mol. The van der Waals surface area contributed by atoms with Gasteiger partial charge in [0.1, 0.15) is 23.3 Å². The van der Waals surface area contributed by atoms with E-state index in [-0.39, 0.29) is 66.4 Å². The minimum absolute atomic E-state index is 0.00162. The molecule has 0 spiro atoms. The van der Waals surface area contributed by atoms with Gasteiger partial charge in [0.25, 0.3) is 29.5 Å². The number of rotatable bonds is 30. The number of ether oxygens (including phenoxy) is 8. The fraction of sp³-hybridized carbons (Fsp3) is 0.494. The Morgan fingerprint density at radius 3 is 1.43 bits per heavy atom. The molecule has 1 heterocycles. The lowest BCUT2D eigenvalue weighted by Gasteiger charge is -2.26. The zero-order valence-corrected chi connectivity index (χ0v) is 65.4. The average Bonchev–Trinajstić information content (AvgIpc) is 1.80. The number of thioether (sulfide) groups is 1. The van der Waals surface area contributed by atoms with Crippen molar-refractivity contribution >= 4 is 47.3 Å². The SMILES string of the molecule is CCC(CC(C)C)NC(=O)c1ccc(OC)c(C)c1.CCCC(CC(C)C)NC(=O)c1ccc(OC)c(C)c1.CCCC(CCC)NC(=O)c1ccc(OC)c(OC)c1.COC(=O)[C@@H](CC(C)C)NC(=O)c1ccc(OC)c(SC)c1.O=C(NC1CCCc2ccccc21)c1ccc2c(c1)OCO2. The molecule has 6 aromatic rings. The summed E-state index contributed by atoms with van der Waals surface area (Å²) >= 11 is 1.50. The highest BCUT2D eigenvalue weighted by Crippen LogP contribution is 2.35. The normalized spacial score (nSPS) is 13.2. The van der Waals surface area contributed by atoms with E-state index in [0.29, 0.717) is 69.1 Å². The van der Waals surface area contributed by atoms with Gasteiger partial charge < -0.3 is 64.5 Å². The van der Waals surface area contributed by atoms with Gasteiger partial charge in [0, 0.05) is 50.8 Å². The number of nitrogens with one attached hydrogen (secondary N) is 5. The van der Waals surface area contributed by atoms with Crippen LogP contribution in [0, 0.1) is 31.6 Å². The first-order chi connectivity index (χ1) is 49.3. The Labute approximate surface area is 618 Å². The molecule has 0 saturated heterocycles. The van der Waals surface area contributed by atoms with Gasteiger partial charge in [0.2, 0.25) is 6.79 Å². The summed E-state index contributed by atoms with van der Waals surface area (Å²) in [7, 11) is 9.33. The molecular weight excluding hydrogens is 1320 g/mol. The van der Waals surface area contributed by atoms with Crippen LogP contribution in [0.15, 0.2) is 120 Å². The summed E-state index contributed by atoms with van der Waals surface area (Å²) in [5.74, 6) is 5.46. The van der Waals surface area contributed by atoms with Crippen LogP contribution in [-0.2, 0) is 16.0 Å². The van der Waals surface area contributed by atoms with E-state index in [9.17, 15) is 28.8 Å². The fourth-order valence-corrected chi connectivity index (χ4v) is 12.7. The van der Waals surface area contributed by atoms with Gasteiger partial charge in [-0.3, -0.25) is 24.0 Å². The van der Waals surface area contributed by atoms with E-state index in [2.05, 4.69) is 100 Å². The summed E-state index contributed by atoms with van der Waals surface area (Å²) in [6.07, 6.45) is 14.9. The molecule has 20 heteroatoms. The Bertz CT molecular complexity index is 3630. The molecule has 1 aliphatic heterocycles. The minimum atomic E-state index is -0.641. The topological polar surface area (TPSA) is 236 Å². The Kier molecular flexibility index (Phi) is 38.6. The van der Waals surface area contributed by atoms with Crippen molar-refractivity contribution in [2.45, 2.75) is 202 Å². The van der Waals surface area contributed by atoms with Crippen molar-refractivity contribution in [1.82, 2.24) is 26.6 Å². The Morgan fingerprint density at radius 1 is 0.476 bits per heavy atom. The molecule has 0 saturated carbocycles. The molecule has 0 bridgehead atoms. The van der Waals surface area contributed by atoms with Gasteiger partial charge in [-0.25, -0.2) is 4.79 Å². The second-order valence-corrected chi connectivity index (χ2v) is 27.8. The third-order valence-corrected chi connectivity index (χ3v) is 18.1. The molecule has 4 atom stereocenters. The summed E-state index contributed by atoms with van der Waals surface area (Å²) in [4.78, 5) is 74.3. The third-order valence-electron chi connectivity index (χ3n) is 17.3. The van der Waals surface area contributed by atoms with Crippen LogP contribution in [0.1, 0.15) is 226 Å². The molecule has 5 N–H and O–H groups in total. The molecule has 1 aliphatic carbocycles. The maximum absolute atomic E-state index is 12.5. The number of carbonyl (C=O) groups excluding carboxylic acids is 6. The van der Waals surface area contributed by atoms with Crippen molar-refractivity contribution in [2.75, 3.05) is 55.7 Å². The largest absolute Gasteiger partial charge is 0.496 e. The van der Waals surface area contributed by atoms with Crippen molar-refractivity contribution in [3.05, 3.63) is 165 Å². The molecule has 6 aromatic carbocycles. The highest BCUT2D eigenvalue weighted by molar-refractivity contribution is 7.98. The zero-order chi connectivity index (χ0) is 76.1.